The topological polar surface area (TPSA) is 32.5 Å². The third-order valence-corrected chi connectivity index (χ3v) is 4.71. The highest BCUT2D eigenvalue weighted by molar-refractivity contribution is 5.07. The first kappa shape index (κ1) is 9.13. The Hall–Kier alpha value is -0.120. The Bertz CT molecular complexity index is 225. The van der Waals surface area contributed by atoms with Gasteiger partial charge in [0.2, 0.25) is 0 Å². The molecule has 3 nitrogen and oxygen atoms in total. The predicted molar refractivity (Wildman–Crippen MR) is 57.1 cm³/mol. The highest BCUT2D eigenvalue weighted by Crippen LogP contribution is 2.41. The fraction of sp³-hybridized carbons (Fsp3) is 1.00. The molecule has 0 saturated carbocycles. The van der Waals surface area contributed by atoms with Crippen LogP contribution in [0.1, 0.15) is 13.3 Å². The fourth-order valence-corrected chi connectivity index (χ4v) is 3.81. The first-order valence-electron chi connectivity index (χ1n) is 5.94. The summed E-state index contributed by atoms with van der Waals surface area (Å²) in [5.41, 5.74) is 6.84. The van der Waals surface area contributed by atoms with E-state index in [1.165, 1.54) is 45.7 Å². The minimum Gasteiger partial charge on any atom is -0.327 e. The van der Waals surface area contributed by atoms with Crippen LogP contribution in [0, 0.1) is 11.3 Å². The summed E-state index contributed by atoms with van der Waals surface area (Å²) < 4.78 is 0. The van der Waals surface area contributed by atoms with E-state index in [2.05, 4.69) is 16.7 Å². The number of fused-ring (bicyclic) bond motifs is 1. The van der Waals surface area contributed by atoms with E-state index in [4.69, 9.17) is 5.73 Å². The lowest BCUT2D eigenvalue weighted by molar-refractivity contribution is -0.0189. The van der Waals surface area contributed by atoms with Crippen molar-refractivity contribution in [2.75, 3.05) is 39.3 Å². The number of hydrogen-bond donors (Lipinski definition) is 1. The molecule has 3 heteroatoms. The Morgan fingerprint density at radius 3 is 2.29 bits per heavy atom. The summed E-state index contributed by atoms with van der Waals surface area (Å²) in [7, 11) is 0. The molecule has 4 rings (SSSR count). The molecule has 0 aromatic rings. The van der Waals surface area contributed by atoms with Gasteiger partial charge >= 0.3 is 0 Å². The summed E-state index contributed by atoms with van der Waals surface area (Å²) in [6.45, 7) is 9.85. The molecule has 4 aliphatic heterocycles. The molecule has 0 aliphatic carbocycles. The Labute approximate surface area is 86.2 Å². The van der Waals surface area contributed by atoms with Crippen molar-refractivity contribution >= 4 is 0 Å². The zero-order chi connectivity index (χ0) is 9.76. The molecule has 3 atom stereocenters. The van der Waals surface area contributed by atoms with Crippen LogP contribution in [0.2, 0.25) is 0 Å². The summed E-state index contributed by atoms with van der Waals surface area (Å²) in [6.07, 6.45) is 1.25. The lowest BCUT2D eigenvalue weighted by atomic mass is 9.67. The van der Waals surface area contributed by atoms with Crippen molar-refractivity contribution in [3.05, 3.63) is 0 Å². The summed E-state index contributed by atoms with van der Waals surface area (Å²) in [5.74, 6) is 0.736. The molecule has 80 valence electrons. The highest BCUT2D eigenvalue weighted by atomic mass is 15.3. The van der Waals surface area contributed by atoms with Crippen molar-refractivity contribution in [2.24, 2.45) is 17.1 Å². The van der Waals surface area contributed by atoms with Crippen LogP contribution in [-0.4, -0.2) is 55.1 Å². The van der Waals surface area contributed by atoms with Gasteiger partial charge in [0.15, 0.2) is 0 Å². The molecule has 4 fully saturated rings. The first-order valence-corrected chi connectivity index (χ1v) is 5.94. The molecule has 0 amide bonds. The van der Waals surface area contributed by atoms with E-state index in [0.717, 1.165) is 5.92 Å². The number of rotatable bonds is 1. The van der Waals surface area contributed by atoms with Crippen LogP contribution in [0.4, 0.5) is 0 Å². The van der Waals surface area contributed by atoms with E-state index >= 15 is 0 Å². The second kappa shape index (κ2) is 2.94. The van der Waals surface area contributed by atoms with E-state index in [0.29, 0.717) is 11.5 Å². The Morgan fingerprint density at radius 2 is 1.79 bits per heavy atom. The van der Waals surface area contributed by atoms with Gasteiger partial charge in [0.25, 0.3) is 0 Å². The third-order valence-electron chi connectivity index (χ3n) is 4.71. The van der Waals surface area contributed by atoms with Gasteiger partial charge in [-0.3, -0.25) is 0 Å². The van der Waals surface area contributed by atoms with Crippen molar-refractivity contribution < 1.29 is 0 Å². The number of nitrogens with zero attached hydrogens (tertiary/aromatic N) is 2. The maximum absolute atomic E-state index is 6.43. The minimum atomic E-state index is 0.414. The highest BCUT2D eigenvalue weighted by Gasteiger charge is 2.51. The van der Waals surface area contributed by atoms with E-state index in [1.54, 1.807) is 0 Å². The molecular formula is C11H21N3. The summed E-state index contributed by atoms with van der Waals surface area (Å²) in [5, 5.41) is 0. The summed E-state index contributed by atoms with van der Waals surface area (Å²) in [6, 6.07) is 0.457. The van der Waals surface area contributed by atoms with E-state index in [-0.39, 0.29) is 0 Å². The van der Waals surface area contributed by atoms with Crippen LogP contribution in [0.5, 0.6) is 0 Å². The van der Waals surface area contributed by atoms with Gasteiger partial charge in [0.05, 0.1) is 0 Å². The molecule has 0 radical (unpaired) electrons. The van der Waals surface area contributed by atoms with Crippen molar-refractivity contribution in [2.45, 2.75) is 19.4 Å². The van der Waals surface area contributed by atoms with Gasteiger partial charge in [-0.1, -0.05) is 6.92 Å². The minimum absolute atomic E-state index is 0.414. The largest absolute Gasteiger partial charge is 0.327 e. The lowest BCUT2D eigenvalue weighted by Gasteiger charge is -2.54. The second-order valence-electron chi connectivity index (χ2n) is 5.47. The van der Waals surface area contributed by atoms with Crippen LogP contribution in [0.25, 0.3) is 0 Å². The Kier molecular flexibility index (Phi) is 1.92. The number of piperidine rings is 2. The van der Waals surface area contributed by atoms with Crippen LogP contribution in [0.3, 0.4) is 0 Å². The number of nitrogens with two attached hydrogens (primary N) is 1. The van der Waals surface area contributed by atoms with E-state index in [1.807, 2.05) is 0 Å². The first-order chi connectivity index (χ1) is 6.73. The SMILES string of the molecule is CCC12CN3CCN(CC(C3)C1N)C2. The zero-order valence-electron chi connectivity index (χ0n) is 9.08. The summed E-state index contributed by atoms with van der Waals surface area (Å²) in [4.78, 5) is 5.29. The van der Waals surface area contributed by atoms with Crippen molar-refractivity contribution in [1.82, 2.24) is 9.80 Å². The van der Waals surface area contributed by atoms with Crippen LogP contribution in [0.15, 0.2) is 0 Å². The van der Waals surface area contributed by atoms with Gasteiger partial charge in [-0.25, -0.2) is 0 Å². The van der Waals surface area contributed by atoms with Crippen LogP contribution >= 0.6 is 0 Å². The van der Waals surface area contributed by atoms with Crippen molar-refractivity contribution in [3.8, 4) is 0 Å². The average Bonchev–Trinajstić information content (AvgIpc) is 2.41. The molecule has 0 aromatic heterocycles. The van der Waals surface area contributed by atoms with E-state index < -0.39 is 0 Å². The normalized spacial score (nSPS) is 56.1. The monoisotopic (exact) mass is 195 g/mol. The molecule has 4 saturated heterocycles. The smallest absolute Gasteiger partial charge is 0.0173 e. The van der Waals surface area contributed by atoms with Gasteiger partial charge in [0.1, 0.15) is 0 Å². The van der Waals surface area contributed by atoms with Gasteiger partial charge in [-0.2, -0.15) is 0 Å². The van der Waals surface area contributed by atoms with Crippen LogP contribution < -0.4 is 5.73 Å². The lowest BCUT2D eigenvalue weighted by Crippen LogP contribution is -2.66. The third kappa shape index (κ3) is 1.09. The quantitative estimate of drug-likeness (QED) is 0.638. The van der Waals surface area contributed by atoms with Gasteiger partial charge < -0.3 is 15.5 Å². The molecule has 4 heterocycles. The molecule has 14 heavy (non-hydrogen) atoms. The Morgan fingerprint density at radius 1 is 1.21 bits per heavy atom. The molecule has 0 aromatic carbocycles. The molecule has 4 aliphatic rings. The second-order valence-corrected chi connectivity index (χ2v) is 5.47. The molecule has 3 unspecified atom stereocenters. The van der Waals surface area contributed by atoms with Crippen molar-refractivity contribution in [3.63, 3.8) is 0 Å². The summed E-state index contributed by atoms with van der Waals surface area (Å²) >= 11 is 0. The van der Waals surface area contributed by atoms with Crippen LogP contribution in [-0.2, 0) is 0 Å². The standard InChI is InChI=1S/C11H21N3/c1-2-11-7-13-3-4-14(8-11)6-9(5-13)10(11)12/h9-10H,2-8,12H2,1H3. The van der Waals surface area contributed by atoms with Crippen molar-refractivity contribution in [1.29, 1.82) is 0 Å². The average molecular weight is 195 g/mol. The Balaban J connectivity index is 1.97. The number of hydrogen-bond acceptors (Lipinski definition) is 3. The molecule has 4 bridgehead atoms. The van der Waals surface area contributed by atoms with Gasteiger partial charge in [0, 0.05) is 56.6 Å². The van der Waals surface area contributed by atoms with Gasteiger partial charge in [-0.05, 0) is 6.42 Å². The van der Waals surface area contributed by atoms with E-state index in [9.17, 15) is 0 Å². The molecule has 0 spiro atoms. The molecular weight excluding hydrogens is 174 g/mol. The predicted octanol–water partition coefficient (Wildman–Crippen LogP) is -0.0289. The fourth-order valence-electron chi connectivity index (χ4n) is 3.81. The molecule has 2 N–H and O–H groups in total. The maximum atomic E-state index is 6.43. The zero-order valence-corrected chi connectivity index (χ0v) is 9.08. The maximum Gasteiger partial charge on any atom is 0.0173 e. The van der Waals surface area contributed by atoms with Gasteiger partial charge in [-0.15, -0.1) is 0 Å².